The summed E-state index contributed by atoms with van der Waals surface area (Å²) in [6, 6.07) is 0. The van der Waals surface area contributed by atoms with E-state index in [-0.39, 0.29) is 16.2 Å². The Labute approximate surface area is 65.1 Å². The van der Waals surface area contributed by atoms with E-state index >= 15 is 0 Å². The molecule has 10 heavy (non-hydrogen) atoms. The van der Waals surface area contributed by atoms with E-state index in [1.54, 1.807) is 0 Å². The lowest BCUT2D eigenvalue weighted by molar-refractivity contribution is 0.427. The molecule has 0 radical (unpaired) electrons. The Balaban J connectivity index is 3.04. The van der Waals surface area contributed by atoms with Crippen molar-refractivity contribution in [3.05, 3.63) is 16.5 Å². The average molecular weight is 207 g/mol. The van der Waals surface area contributed by atoms with Gasteiger partial charge in [0.15, 0.2) is 4.60 Å². The van der Waals surface area contributed by atoms with Crippen LogP contribution in [0.1, 0.15) is 5.69 Å². The lowest BCUT2D eigenvalue weighted by Crippen LogP contribution is -1.88. The van der Waals surface area contributed by atoms with Gasteiger partial charge in [-0.2, -0.15) is 0 Å². The lowest BCUT2D eigenvalue weighted by atomic mass is 10.5. The van der Waals surface area contributed by atoms with Crippen molar-refractivity contribution in [3.63, 3.8) is 0 Å². The Morgan fingerprint density at radius 3 is 2.90 bits per heavy atom. The molecular formula is C5H4BrFN2O. The van der Waals surface area contributed by atoms with Gasteiger partial charge in [-0.15, -0.1) is 0 Å². The lowest BCUT2D eigenvalue weighted by Gasteiger charge is -1.95. The quantitative estimate of drug-likeness (QED) is 0.757. The number of halogens is 2. The second kappa shape index (κ2) is 2.92. The van der Waals surface area contributed by atoms with Crippen LogP contribution in [0.2, 0.25) is 0 Å². The third-order valence-corrected chi connectivity index (χ3v) is 1.46. The van der Waals surface area contributed by atoms with E-state index in [1.807, 2.05) is 0 Å². The number of alkyl halides is 1. The van der Waals surface area contributed by atoms with Gasteiger partial charge in [-0.1, -0.05) is 0 Å². The molecule has 0 saturated heterocycles. The van der Waals surface area contributed by atoms with E-state index < -0.39 is 6.67 Å². The number of nitrogens with zero attached hydrogens (tertiary/aromatic N) is 2. The van der Waals surface area contributed by atoms with Crippen LogP contribution in [0.5, 0.6) is 5.88 Å². The maximum atomic E-state index is 11.8. The SMILES string of the molecule is Oc1nc(CF)cnc1Br. The maximum Gasteiger partial charge on any atom is 0.245 e. The average Bonchev–Trinajstić information content (AvgIpc) is 1.95. The Morgan fingerprint density at radius 1 is 1.70 bits per heavy atom. The van der Waals surface area contributed by atoms with Crippen molar-refractivity contribution in [1.82, 2.24) is 9.97 Å². The van der Waals surface area contributed by atoms with Crippen molar-refractivity contribution in [3.8, 4) is 5.88 Å². The molecule has 3 nitrogen and oxygen atoms in total. The minimum Gasteiger partial charge on any atom is -0.491 e. The first kappa shape index (κ1) is 7.40. The monoisotopic (exact) mass is 206 g/mol. The minimum atomic E-state index is -0.714. The van der Waals surface area contributed by atoms with Crippen LogP contribution in [-0.2, 0) is 6.67 Å². The van der Waals surface area contributed by atoms with Crippen LogP contribution in [0.3, 0.4) is 0 Å². The van der Waals surface area contributed by atoms with Crippen molar-refractivity contribution in [2.24, 2.45) is 0 Å². The minimum absolute atomic E-state index is 0.126. The summed E-state index contributed by atoms with van der Waals surface area (Å²) >= 11 is 2.91. The molecule has 1 aromatic rings. The molecule has 0 spiro atoms. The van der Waals surface area contributed by atoms with E-state index in [4.69, 9.17) is 5.11 Å². The molecule has 0 aliphatic rings. The molecule has 0 aromatic carbocycles. The van der Waals surface area contributed by atoms with Gasteiger partial charge in [-0.05, 0) is 15.9 Å². The van der Waals surface area contributed by atoms with Crippen LogP contribution in [-0.4, -0.2) is 15.1 Å². The predicted octanol–water partition coefficient (Wildman–Crippen LogP) is 1.41. The second-order valence-electron chi connectivity index (χ2n) is 1.61. The Hall–Kier alpha value is -0.710. The Kier molecular flexibility index (Phi) is 2.16. The van der Waals surface area contributed by atoms with E-state index in [9.17, 15) is 4.39 Å². The molecular weight excluding hydrogens is 203 g/mol. The number of aromatic hydroxyl groups is 1. The first-order chi connectivity index (χ1) is 4.74. The molecule has 5 heteroatoms. The topological polar surface area (TPSA) is 46.0 Å². The van der Waals surface area contributed by atoms with Crippen LogP contribution in [0.15, 0.2) is 10.8 Å². The Bertz CT molecular complexity index is 243. The van der Waals surface area contributed by atoms with Gasteiger partial charge >= 0.3 is 0 Å². The largest absolute Gasteiger partial charge is 0.491 e. The summed E-state index contributed by atoms with van der Waals surface area (Å²) in [6.07, 6.45) is 1.25. The van der Waals surface area contributed by atoms with Crippen LogP contribution in [0.25, 0.3) is 0 Å². The predicted molar refractivity (Wildman–Crippen MR) is 36.2 cm³/mol. The van der Waals surface area contributed by atoms with Gasteiger partial charge in [0.1, 0.15) is 6.67 Å². The van der Waals surface area contributed by atoms with Crippen molar-refractivity contribution < 1.29 is 9.50 Å². The van der Waals surface area contributed by atoms with Crippen LogP contribution >= 0.6 is 15.9 Å². The van der Waals surface area contributed by atoms with Gasteiger partial charge in [0.05, 0.1) is 11.9 Å². The zero-order valence-electron chi connectivity index (χ0n) is 4.88. The van der Waals surface area contributed by atoms with E-state index in [1.165, 1.54) is 6.20 Å². The van der Waals surface area contributed by atoms with E-state index in [0.29, 0.717) is 0 Å². The summed E-state index contributed by atoms with van der Waals surface area (Å²) in [5, 5.41) is 8.84. The normalized spacial score (nSPS) is 9.80. The van der Waals surface area contributed by atoms with Gasteiger partial charge in [0, 0.05) is 0 Å². The summed E-state index contributed by atoms with van der Waals surface area (Å²) in [4.78, 5) is 7.08. The van der Waals surface area contributed by atoms with E-state index in [0.717, 1.165) is 0 Å². The number of rotatable bonds is 1. The highest BCUT2D eigenvalue weighted by Gasteiger charge is 2.01. The van der Waals surface area contributed by atoms with Crippen molar-refractivity contribution in [1.29, 1.82) is 0 Å². The number of hydrogen-bond donors (Lipinski definition) is 1. The fraction of sp³-hybridized carbons (Fsp3) is 0.200. The maximum absolute atomic E-state index is 11.8. The molecule has 0 bridgehead atoms. The third kappa shape index (κ3) is 1.41. The highest BCUT2D eigenvalue weighted by molar-refractivity contribution is 9.10. The number of hydrogen-bond acceptors (Lipinski definition) is 3. The molecule has 0 atom stereocenters. The smallest absolute Gasteiger partial charge is 0.245 e. The molecule has 0 saturated carbocycles. The van der Waals surface area contributed by atoms with Crippen molar-refractivity contribution in [2.45, 2.75) is 6.67 Å². The summed E-state index contributed by atoms with van der Waals surface area (Å²) in [7, 11) is 0. The first-order valence-corrected chi connectivity index (χ1v) is 3.29. The van der Waals surface area contributed by atoms with E-state index in [2.05, 4.69) is 25.9 Å². The van der Waals surface area contributed by atoms with Gasteiger partial charge < -0.3 is 5.11 Å². The number of aromatic nitrogens is 2. The Morgan fingerprint density at radius 2 is 2.40 bits per heavy atom. The molecule has 0 fully saturated rings. The van der Waals surface area contributed by atoms with Gasteiger partial charge in [0.2, 0.25) is 5.88 Å². The molecule has 0 aliphatic carbocycles. The second-order valence-corrected chi connectivity index (χ2v) is 2.36. The summed E-state index contributed by atoms with van der Waals surface area (Å²) in [5.74, 6) is -0.282. The fourth-order valence-corrected chi connectivity index (χ4v) is 0.655. The molecule has 54 valence electrons. The molecule has 0 amide bonds. The third-order valence-electron chi connectivity index (χ3n) is 0.898. The van der Waals surface area contributed by atoms with Crippen LogP contribution < -0.4 is 0 Å². The van der Waals surface area contributed by atoms with Gasteiger partial charge in [-0.25, -0.2) is 14.4 Å². The van der Waals surface area contributed by atoms with Gasteiger partial charge in [0.25, 0.3) is 0 Å². The first-order valence-electron chi connectivity index (χ1n) is 2.50. The highest BCUT2D eigenvalue weighted by atomic mass is 79.9. The molecule has 1 N–H and O–H groups in total. The summed E-state index contributed by atoms with van der Waals surface area (Å²) < 4.78 is 12.0. The fourth-order valence-electron chi connectivity index (χ4n) is 0.464. The van der Waals surface area contributed by atoms with Gasteiger partial charge in [-0.3, -0.25) is 0 Å². The molecule has 1 rings (SSSR count). The summed E-state index contributed by atoms with van der Waals surface area (Å²) in [6.45, 7) is -0.714. The molecule has 0 aliphatic heterocycles. The standard InChI is InChI=1S/C5H4BrFN2O/c6-4-5(10)9-3(1-7)2-8-4/h2H,1H2,(H,9,10). The van der Waals surface area contributed by atoms with Crippen molar-refractivity contribution >= 4 is 15.9 Å². The molecule has 1 aromatic heterocycles. The highest BCUT2D eigenvalue weighted by Crippen LogP contribution is 2.17. The summed E-state index contributed by atoms with van der Waals surface area (Å²) in [5.41, 5.74) is 0.126. The zero-order chi connectivity index (χ0) is 7.56. The zero-order valence-corrected chi connectivity index (χ0v) is 6.47. The van der Waals surface area contributed by atoms with Crippen molar-refractivity contribution in [2.75, 3.05) is 0 Å². The van der Waals surface area contributed by atoms with Crippen LogP contribution in [0, 0.1) is 0 Å². The molecule has 0 unspecified atom stereocenters. The molecule has 1 heterocycles. The van der Waals surface area contributed by atoms with Crippen LogP contribution in [0.4, 0.5) is 4.39 Å².